The SMILES string of the molecule is CC1(C)c2ccccc2-c2c(N(c3ccc(-c4cccc(-n5c6ccccc6c6ccccc65)c4)cc3)c3ccc(-c4ccc5c(c4)oc4c6ccccc6ccc54)cc3)cccc21. The summed E-state index contributed by atoms with van der Waals surface area (Å²) in [6, 6.07) is 79.6. The third-order valence-corrected chi connectivity index (χ3v) is 13.8. The molecule has 64 heavy (non-hydrogen) atoms. The summed E-state index contributed by atoms with van der Waals surface area (Å²) < 4.78 is 8.97. The fourth-order valence-electron chi connectivity index (χ4n) is 10.7. The van der Waals surface area contributed by atoms with Crippen molar-refractivity contribution in [3.8, 4) is 39.1 Å². The van der Waals surface area contributed by atoms with Crippen LogP contribution in [0.15, 0.2) is 223 Å². The first kappa shape index (κ1) is 36.5. The van der Waals surface area contributed by atoms with E-state index in [4.69, 9.17) is 4.42 Å². The number of nitrogens with zero attached hydrogens (tertiary/aromatic N) is 2. The van der Waals surface area contributed by atoms with Crippen molar-refractivity contribution >= 4 is 71.6 Å². The van der Waals surface area contributed by atoms with E-state index in [0.29, 0.717) is 0 Å². The van der Waals surface area contributed by atoms with Crippen molar-refractivity contribution in [3.63, 3.8) is 0 Å². The summed E-state index contributed by atoms with van der Waals surface area (Å²) in [5.74, 6) is 0. The number of hydrogen-bond donors (Lipinski definition) is 0. The number of anilines is 3. The third-order valence-electron chi connectivity index (χ3n) is 13.8. The van der Waals surface area contributed by atoms with Crippen LogP contribution >= 0.6 is 0 Å². The second kappa shape index (κ2) is 13.9. The number of fused-ring (bicyclic) bond motifs is 11. The summed E-state index contributed by atoms with van der Waals surface area (Å²) in [5.41, 5.74) is 18.5. The average Bonchev–Trinajstić information content (AvgIpc) is 3.98. The first-order valence-corrected chi connectivity index (χ1v) is 22.2. The maximum atomic E-state index is 6.59. The van der Waals surface area contributed by atoms with Gasteiger partial charge >= 0.3 is 0 Å². The molecule has 3 heteroatoms. The smallest absolute Gasteiger partial charge is 0.143 e. The number of hydrogen-bond acceptors (Lipinski definition) is 2. The van der Waals surface area contributed by atoms with Crippen molar-refractivity contribution in [2.45, 2.75) is 19.3 Å². The van der Waals surface area contributed by atoms with Crippen molar-refractivity contribution in [1.82, 2.24) is 4.57 Å². The molecule has 1 aliphatic rings. The minimum atomic E-state index is -0.121. The Balaban J connectivity index is 0.913. The molecule has 0 N–H and O–H groups in total. The van der Waals surface area contributed by atoms with Gasteiger partial charge in [0.1, 0.15) is 11.2 Å². The van der Waals surface area contributed by atoms with E-state index >= 15 is 0 Å². The van der Waals surface area contributed by atoms with E-state index in [1.54, 1.807) is 0 Å². The highest BCUT2D eigenvalue weighted by molar-refractivity contribution is 6.15. The Morgan fingerprint density at radius 3 is 1.73 bits per heavy atom. The van der Waals surface area contributed by atoms with Gasteiger partial charge < -0.3 is 13.9 Å². The predicted molar refractivity (Wildman–Crippen MR) is 269 cm³/mol. The van der Waals surface area contributed by atoms with Gasteiger partial charge in [0.25, 0.3) is 0 Å². The molecule has 0 spiro atoms. The van der Waals surface area contributed by atoms with Gasteiger partial charge in [0, 0.05) is 55.0 Å². The van der Waals surface area contributed by atoms with Crippen molar-refractivity contribution in [2.24, 2.45) is 0 Å². The summed E-state index contributed by atoms with van der Waals surface area (Å²) in [6.07, 6.45) is 0. The normalized spacial score (nSPS) is 13.0. The highest BCUT2D eigenvalue weighted by atomic mass is 16.3. The van der Waals surface area contributed by atoms with Gasteiger partial charge in [-0.15, -0.1) is 0 Å². The molecule has 0 saturated carbocycles. The van der Waals surface area contributed by atoms with E-state index in [-0.39, 0.29) is 5.41 Å². The van der Waals surface area contributed by atoms with Gasteiger partial charge in [0.2, 0.25) is 0 Å². The second-order valence-electron chi connectivity index (χ2n) is 17.7. The highest BCUT2D eigenvalue weighted by Gasteiger charge is 2.37. The summed E-state index contributed by atoms with van der Waals surface area (Å²) in [6.45, 7) is 4.70. The Labute approximate surface area is 371 Å². The van der Waals surface area contributed by atoms with Crippen LogP contribution < -0.4 is 4.90 Å². The number of rotatable bonds is 6. The van der Waals surface area contributed by atoms with Crippen LogP contribution in [0.3, 0.4) is 0 Å². The molecule has 0 fully saturated rings. The molecule has 0 atom stereocenters. The van der Waals surface area contributed by atoms with Gasteiger partial charge in [-0.1, -0.05) is 159 Å². The van der Waals surface area contributed by atoms with Gasteiger partial charge in [-0.05, 0) is 117 Å². The topological polar surface area (TPSA) is 21.3 Å². The van der Waals surface area contributed by atoms with E-state index in [2.05, 4.69) is 242 Å². The van der Waals surface area contributed by atoms with Gasteiger partial charge in [-0.3, -0.25) is 0 Å². The molecule has 302 valence electrons. The van der Waals surface area contributed by atoms with Crippen molar-refractivity contribution in [3.05, 3.63) is 230 Å². The summed E-state index contributed by atoms with van der Waals surface area (Å²) in [5, 5.41) is 7.14. The number of para-hydroxylation sites is 2. The van der Waals surface area contributed by atoms with Crippen LogP contribution in [0.4, 0.5) is 17.1 Å². The maximum absolute atomic E-state index is 6.59. The summed E-state index contributed by atoms with van der Waals surface area (Å²) >= 11 is 0. The largest absolute Gasteiger partial charge is 0.455 e. The molecule has 0 amide bonds. The Kier molecular flexibility index (Phi) is 7.95. The molecule has 2 heterocycles. The fraction of sp³-hybridized carbons (Fsp3) is 0.0492. The van der Waals surface area contributed by atoms with Crippen molar-refractivity contribution < 1.29 is 4.42 Å². The minimum Gasteiger partial charge on any atom is -0.455 e. The molecular formula is C61H42N2O. The minimum absolute atomic E-state index is 0.121. The van der Waals surface area contributed by atoms with E-state index in [1.807, 2.05) is 0 Å². The molecular weight excluding hydrogens is 777 g/mol. The van der Waals surface area contributed by atoms with E-state index in [1.165, 1.54) is 66.3 Å². The molecule has 0 bridgehead atoms. The zero-order chi connectivity index (χ0) is 42.5. The lowest BCUT2D eigenvalue weighted by molar-refractivity contribution is 0.660. The molecule has 0 unspecified atom stereocenters. The molecule has 2 aromatic heterocycles. The van der Waals surface area contributed by atoms with Crippen LogP contribution in [0.2, 0.25) is 0 Å². The molecule has 12 aromatic rings. The first-order chi connectivity index (χ1) is 31.5. The predicted octanol–water partition coefficient (Wildman–Crippen LogP) is 16.9. The van der Waals surface area contributed by atoms with Crippen LogP contribution in [-0.2, 0) is 5.41 Å². The molecule has 10 aromatic carbocycles. The average molecular weight is 819 g/mol. The molecule has 0 radical (unpaired) electrons. The van der Waals surface area contributed by atoms with Gasteiger partial charge in [0.15, 0.2) is 0 Å². The summed E-state index contributed by atoms with van der Waals surface area (Å²) in [7, 11) is 0. The Bertz CT molecular complexity index is 3760. The van der Waals surface area contributed by atoms with Crippen LogP contribution in [0.5, 0.6) is 0 Å². The Hall–Kier alpha value is -8.14. The molecule has 1 aliphatic carbocycles. The first-order valence-electron chi connectivity index (χ1n) is 22.2. The second-order valence-corrected chi connectivity index (χ2v) is 17.7. The highest BCUT2D eigenvalue weighted by Crippen LogP contribution is 2.54. The van der Waals surface area contributed by atoms with Crippen LogP contribution in [0, 0.1) is 0 Å². The zero-order valence-electron chi connectivity index (χ0n) is 35.6. The van der Waals surface area contributed by atoms with Crippen molar-refractivity contribution in [1.29, 1.82) is 0 Å². The number of furan rings is 1. The number of benzene rings is 10. The van der Waals surface area contributed by atoms with Crippen LogP contribution in [0.25, 0.3) is 93.6 Å². The summed E-state index contributed by atoms with van der Waals surface area (Å²) in [4.78, 5) is 2.44. The van der Waals surface area contributed by atoms with Gasteiger partial charge in [-0.2, -0.15) is 0 Å². The van der Waals surface area contributed by atoms with E-state index in [9.17, 15) is 0 Å². The Morgan fingerprint density at radius 1 is 0.422 bits per heavy atom. The molecule has 3 nitrogen and oxygen atoms in total. The quantitative estimate of drug-likeness (QED) is 0.167. The standard InChI is InChI=1S/C61H42N2O/c1-61(2)53-20-8-5-19-52(53)59-54(61)21-12-24-57(59)62(45-33-27-40(28-34-45)43-30-35-50-51-36-29-41-13-3-4-16-47(41)60(51)64-58(50)38-43)44-31-25-39(26-32-44)42-14-11-15-46(37-42)63-55-22-9-6-17-48(55)49-18-7-10-23-56(49)63/h3-38H,1-2H3. The van der Waals surface area contributed by atoms with Gasteiger partial charge in [0.05, 0.1) is 16.7 Å². The van der Waals surface area contributed by atoms with Crippen LogP contribution in [-0.4, -0.2) is 4.57 Å². The third kappa shape index (κ3) is 5.47. The Morgan fingerprint density at radius 2 is 1.00 bits per heavy atom. The lowest BCUT2D eigenvalue weighted by Gasteiger charge is -2.29. The lowest BCUT2D eigenvalue weighted by atomic mass is 9.82. The van der Waals surface area contributed by atoms with Crippen LogP contribution in [0.1, 0.15) is 25.0 Å². The number of aromatic nitrogens is 1. The monoisotopic (exact) mass is 818 g/mol. The van der Waals surface area contributed by atoms with E-state index < -0.39 is 0 Å². The zero-order valence-corrected chi connectivity index (χ0v) is 35.6. The van der Waals surface area contributed by atoms with E-state index in [0.717, 1.165) is 55.5 Å². The maximum Gasteiger partial charge on any atom is 0.143 e. The molecule has 13 rings (SSSR count). The molecule has 0 saturated heterocycles. The fourth-order valence-corrected chi connectivity index (χ4v) is 10.7. The lowest BCUT2D eigenvalue weighted by Crippen LogP contribution is -2.16. The van der Waals surface area contributed by atoms with Gasteiger partial charge in [-0.25, -0.2) is 0 Å². The van der Waals surface area contributed by atoms with Crippen molar-refractivity contribution in [2.75, 3.05) is 4.90 Å². The molecule has 0 aliphatic heterocycles.